The highest BCUT2D eigenvalue weighted by atomic mass is 19.1. The lowest BCUT2D eigenvalue weighted by molar-refractivity contribution is 0.382. The van der Waals surface area contributed by atoms with Crippen LogP contribution < -0.4 is 11.1 Å². The zero-order chi connectivity index (χ0) is 27.1. The summed E-state index contributed by atoms with van der Waals surface area (Å²) in [6.45, 7) is 20.9. The van der Waals surface area contributed by atoms with Gasteiger partial charge in [-0.2, -0.15) is 0 Å². The molecule has 0 aliphatic rings. The zero-order valence-electron chi connectivity index (χ0n) is 23.5. The van der Waals surface area contributed by atoms with Gasteiger partial charge in [0, 0.05) is 25.4 Å². The van der Waals surface area contributed by atoms with E-state index in [1.165, 1.54) is 7.05 Å². The van der Waals surface area contributed by atoms with E-state index in [4.69, 9.17) is 6.42 Å². The van der Waals surface area contributed by atoms with Gasteiger partial charge in [0.25, 0.3) is 0 Å². The van der Waals surface area contributed by atoms with E-state index >= 15 is 0 Å². The highest BCUT2D eigenvalue weighted by molar-refractivity contribution is 5.98. The van der Waals surface area contributed by atoms with Gasteiger partial charge in [0.2, 0.25) is 0 Å². The molecule has 0 radical (unpaired) electrons. The first-order valence-electron chi connectivity index (χ1n) is 11.9. The summed E-state index contributed by atoms with van der Waals surface area (Å²) in [5, 5.41) is 3.02. The second-order valence-corrected chi connectivity index (χ2v) is 6.57. The van der Waals surface area contributed by atoms with E-state index in [2.05, 4.69) is 53.9 Å². The van der Waals surface area contributed by atoms with Crippen molar-refractivity contribution in [1.82, 2.24) is 10.2 Å². The molecule has 1 unspecified atom stereocenters. The van der Waals surface area contributed by atoms with E-state index in [9.17, 15) is 4.39 Å². The average Bonchev–Trinajstić information content (AvgIpc) is 2.85. The van der Waals surface area contributed by atoms with Crippen molar-refractivity contribution in [3.05, 3.63) is 48.9 Å². The number of nitrogens with zero attached hydrogens (tertiary/aromatic N) is 2. The summed E-state index contributed by atoms with van der Waals surface area (Å²) in [6, 6.07) is 0.368. The van der Waals surface area contributed by atoms with Gasteiger partial charge in [0.1, 0.15) is 5.83 Å². The first-order valence-corrected chi connectivity index (χ1v) is 11.9. The summed E-state index contributed by atoms with van der Waals surface area (Å²) in [7, 11) is 7.48. The van der Waals surface area contributed by atoms with E-state index in [-0.39, 0.29) is 5.83 Å². The zero-order valence-corrected chi connectivity index (χ0v) is 23.5. The van der Waals surface area contributed by atoms with Crippen LogP contribution in [0.25, 0.3) is 0 Å². The second kappa shape index (κ2) is 37.3. The van der Waals surface area contributed by atoms with E-state index in [0.29, 0.717) is 24.5 Å². The number of terminal acetylenes is 1. The first kappa shape index (κ1) is 41.3. The number of nitrogens with one attached hydrogen (secondary N) is 1. The summed E-state index contributed by atoms with van der Waals surface area (Å²) in [5.74, 6) is 2.32. The molecule has 0 rings (SSSR count). The summed E-state index contributed by atoms with van der Waals surface area (Å²) in [4.78, 5) is 6.44. The molecule has 0 bridgehead atoms. The fourth-order valence-electron chi connectivity index (χ4n) is 1.77. The monoisotopic (exact) mass is 466 g/mol. The van der Waals surface area contributed by atoms with Crippen LogP contribution in [0.5, 0.6) is 0 Å². The molecule has 0 saturated heterocycles. The number of rotatable bonds is 11. The highest BCUT2D eigenvalue weighted by Crippen LogP contribution is 2.13. The minimum absolute atomic E-state index is 0.108. The van der Waals surface area contributed by atoms with Crippen LogP contribution in [0.1, 0.15) is 67.2 Å². The standard InChI is InChI=1S/C12H18FN.C9H18N2.C4H8.C2H6.CH5N/c1-4-8-11(2)12(13)9-6-5-7-10-14-3;1-6-9(10-7-2)8(3)11(4)5;1-3-4-2;2*1-2/h1,5-6,14H,7-10H2,2-3H3;6,8H,1,7H2,2-5H3;3H,1,4H2,2H3;1-2H3;2H2,1H3/b6-5?,12-11+;;;;. The Morgan fingerprint density at radius 1 is 1.21 bits per heavy atom. The molecule has 0 heterocycles. The number of aliphatic imine (C=N–C) groups is 1. The third kappa shape index (κ3) is 34.8. The van der Waals surface area contributed by atoms with Crippen molar-refractivity contribution in [2.75, 3.05) is 41.3 Å². The molecule has 1 atom stereocenters. The van der Waals surface area contributed by atoms with Gasteiger partial charge in [0.15, 0.2) is 0 Å². The Morgan fingerprint density at radius 3 is 2.06 bits per heavy atom. The number of nitrogens with two attached hydrogens (primary N) is 1. The van der Waals surface area contributed by atoms with E-state index in [1.54, 1.807) is 6.92 Å². The van der Waals surface area contributed by atoms with Crippen molar-refractivity contribution < 1.29 is 4.39 Å². The maximum absolute atomic E-state index is 13.2. The van der Waals surface area contributed by atoms with Crippen molar-refractivity contribution in [2.24, 2.45) is 10.7 Å². The summed E-state index contributed by atoms with van der Waals surface area (Å²) < 4.78 is 13.2. The molecule has 0 aliphatic heterocycles. The van der Waals surface area contributed by atoms with Crippen molar-refractivity contribution in [2.45, 2.75) is 73.3 Å². The van der Waals surface area contributed by atoms with Crippen molar-refractivity contribution in [3.8, 4) is 12.3 Å². The molecule has 0 aromatic heterocycles. The van der Waals surface area contributed by atoms with E-state index in [0.717, 1.165) is 31.6 Å². The Bertz CT molecular complexity index is 541. The quantitative estimate of drug-likeness (QED) is 0.157. The van der Waals surface area contributed by atoms with Crippen LogP contribution in [0.4, 0.5) is 4.39 Å². The molecule has 0 fully saturated rings. The smallest absolute Gasteiger partial charge is 0.104 e. The minimum Gasteiger partial charge on any atom is -0.333 e. The fraction of sp³-hybridized carbons (Fsp3) is 0.607. The Labute approximate surface area is 207 Å². The van der Waals surface area contributed by atoms with Crippen LogP contribution in [0.2, 0.25) is 0 Å². The maximum atomic E-state index is 13.2. The van der Waals surface area contributed by atoms with Crippen LogP contribution in [-0.2, 0) is 0 Å². The molecule has 3 N–H and O–H groups in total. The van der Waals surface area contributed by atoms with Crippen molar-refractivity contribution >= 4 is 5.71 Å². The van der Waals surface area contributed by atoms with E-state index in [1.807, 2.05) is 66.2 Å². The lowest BCUT2D eigenvalue weighted by Crippen LogP contribution is -2.31. The predicted molar refractivity (Wildman–Crippen MR) is 153 cm³/mol. The molecule has 4 nitrogen and oxygen atoms in total. The van der Waals surface area contributed by atoms with Gasteiger partial charge in [0.05, 0.1) is 5.71 Å². The third-order valence-corrected chi connectivity index (χ3v) is 3.90. The molecular formula is C28H55FN4. The second-order valence-electron chi connectivity index (χ2n) is 6.57. The maximum Gasteiger partial charge on any atom is 0.104 e. The first-order chi connectivity index (χ1) is 15.8. The Balaban J connectivity index is -0.000000122. The third-order valence-electron chi connectivity index (χ3n) is 3.90. The number of hydrogen-bond acceptors (Lipinski definition) is 4. The van der Waals surface area contributed by atoms with Crippen LogP contribution in [0.3, 0.4) is 0 Å². The van der Waals surface area contributed by atoms with Gasteiger partial charge < -0.3 is 16.0 Å². The SMILES string of the molecule is C#CC/C(C)=C(/F)CC=CCCNC.C=CC(=NCC)C(C)N(C)C.C=CCC.CC.CN. The van der Waals surface area contributed by atoms with E-state index < -0.39 is 0 Å². The molecular weight excluding hydrogens is 411 g/mol. The summed E-state index contributed by atoms with van der Waals surface area (Å²) in [5.41, 5.74) is 6.23. The molecule has 0 aromatic rings. The number of hydrogen-bond donors (Lipinski definition) is 2. The molecule has 0 aromatic carbocycles. The summed E-state index contributed by atoms with van der Waals surface area (Å²) >= 11 is 0. The van der Waals surface area contributed by atoms with Gasteiger partial charge in [-0.1, -0.05) is 45.6 Å². The number of allylic oxidation sites excluding steroid dienone is 4. The molecule has 0 spiro atoms. The van der Waals surface area contributed by atoms with Gasteiger partial charge in [-0.25, -0.2) is 4.39 Å². The fourth-order valence-corrected chi connectivity index (χ4v) is 1.77. The molecule has 5 heteroatoms. The van der Waals surface area contributed by atoms with Crippen molar-refractivity contribution in [1.29, 1.82) is 0 Å². The van der Waals surface area contributed by atoms with Crippen LogP contribution in [0.15, 0.2) is 53.9 Å². The van der Waals surface area contributed by atoms with Gasteiger partial charge in [-0.15, -0.1) is 18.9 Å². The average molecular weight is 467 g/mol. The molecule has 0 saturated carbocycles. The van der Waals surface area contributed by atoms with Crippen LogP contribution in [0, 0.1) is 12.3 Å². The van der Waals surface area contributed by atoms with Gasteiger partial charge in [-0.3, -0.25) is 4.99 Å². The van der Waals surface area contributed by atoms with Crippen LogP contribution in [-0.4, -0.2) is 57.9 Å². The Morgan fingerprint density at radius 2 is 1.73 bits per heavy atom. The topological polar surface area (TPSA) is 53.7 Å². The Kier molecular flexibility index (Phi) is 46.7. The number of halogens is 1. The normalized spacial score (nSPS) is 11.6. The molecule has 0 amide bonds. The van der Waals surface area contributed by atoms with Crippen molar-refractivity contribution in [3.63, 3.8) is 0 Å². The minimum atomic E-state index is -0.108. The molecule has 194 valence electrons. The Hall–Kier alpha value is -2.00. The predicted octanol–water partition coefficient (Wildman–Crippen LogP) is 6.58. The van der Waals surface area contributed by atoms with Crippen LogP contribution >= 0.6 is 0 Å². The molecule has 0 aliphatic carbocycles. The van der Waals surface area contributed by atoms with Gasteiger partial charge >= 0.3 is 0 Å². The summed E-state index contributed by atoms with van der Waals surface area (Å²) in [6.07, 6.45) is 15.4. The lowest BCUT2D eigenvalue weighted by Gasteiger charge is -2.19. The van der Waals surface area contributed by atoms with Gasteiger partial charge in [-0.05, 0) is 80.0 Å². The highest BCUT2D eigenvalue weighted by Gasteiger charge is 2.07. The lowest BCUT2D eigenvalue weighted by atomic mass is 10.1. The molecule has 33 heavy (non-hydrogen) atoms. The largest absolute Gasteiger partial charge is 0.333 e.